The first-order chi connectivity index (χ1) is 15.0. The van der Waals surface area contributed by atoms with Crippen molar-refractivity contribution in [3.63, 3.8) is 0 Å². The van der Waals surface area contributed by atoms with E-state index in [9.17, 15) is 9.59 Å². The number of esters is 1. The Morgan fingerprint density at radius 1 is 1.19 bits per heavy atom. The number of nitriles is 1. The summed E-state index contributed by atoms with van der Waals surface area (Å²) >= 11 is 4.25. The van der Waals surface area contributed by atoms with E-state index in [0.717, 1.165) is 18.5 Å². The van der Waals surface area contributed by atoms with E-state index in [1.165, 1.54) is 30.8 Å². The van der Waals surface area contributed by atoms with Gasteiger partial charge in [0.1, 0.15) is 0 Å². The Morgan fingerprint density at radius 2 is 1.84 bits per heavy atom. The van der Waals surface area contributed by atoms with E-state index in [4.69, 9.17) is 10.00 Å². The Balaban J connectivity index is 1.41. The molecule has 1 saturated heterocycles. The van der Waals surface area contributed by atoms with Gasteiger partial charge in [0, 0.05) is 23.7 Å². The summed E-state index contributed by atoms with van der Waals surface area (Å²) in [4.78, 5) is 27.7. The Bertz CT molecular complexity index is 819. The number of carbonyl (C=O) groups excluding carboxylic acids is 2. The molecule has 1 heterocycles. The van der Waals surface area contributed by atoms with Crippen LogP contribution in [-0.2, 0) is 14.3 Å². The van der Waals surface area contributed by atoms with Crippen molar-refractivity contribution in [2.24, 2.45) is 17.8 Å². The standard InChI is InChI=1S/C24H30N2O3S2/c1-17(22(27)26(12-6-11-25)21-9-3-2-4-10-21)29-23(28)18-15-19-7-5-8-20(16-18)24(19)30-13-14-31-24/h2-4,9-10,17-20H,5-8,12-16H2,1H3. The number of anilines is 1. The summed E-state index contributed by atoms with van der Waals surface area (Å²) in [5.74, 6) is 2.96. The van der Waals surface area contributed by atoms with Crippen molar-refractivity contribution in [3.05, 3.63) is 30.3 Å². The highest BCUT2D eigenvalue weighted by Gasteiger charge is 2.55. The Hall–Kier alpha value is -1.65. The molecule has 4 rings (SSSR count). The van der Waals surface area contributed by atoms with Crippen molar-refractivity contribution in [2.75, 3.05) is 23.0 Å². The molecule has 2 saturated carbocycles. The molecule has 3 fully saturated rings. The molecule has 1 aromatic rings. The first kappa shape index (κ1) is 22.5. The monoisotopic (exact) mass is 458 g/mol. The van der Waals surface area contributed by atoms with Gasteiger partial charge in [-0.2, -0.15) is 5.26 Å². The SMILES string of the molecule is CC(OC(=O)C1CC2CCCC(C1)C21SCCS1)C(=O)N(CCC#N)c1ccccc1. The number of hydrogen-bond donors (Lipinski definition) is 0. The molecule has 1 spiro atoms. The van der Waals surface area contributed by atoms with E-state index in [0.29, 0.717) is 15.9 Å². The number of benzene rings is 1. The maximum Gasteiger partial charge on any atom is 0.309 e. The molecule has 2 bridgehead atoms. The van der Waals surface area contributed by atoms with Crippen LogP contribution < -0.4 is 4.90 Å². The van der Waals surface area contributed by atoms with Crippen LogP contribution in [0, 0.1) is 29.1 Å². The molecule has 31 heavy (non-hydrogen) atoms. The number of amides is 1. The first-order valence-corrected chi connectivity index (χ1v) is 13.2. The molecule has 3 unspecified atom stereocenters. The molecule has 7 heteroatoms. The predicted molar refractivity (Wildman–Crippen MR) is 126 cm³/mol. The largest absolute Gasteiger partial charge is 0.452 e. The van der Waals surface area contributed by atoms with Crippen LogP contribution in [0.4, 0.5) is 5.69 Å². The van der Waals surface area contributed by atoms with Gasteiger partial charge in [-0.05, 0) is 56.6 Å². The summed E-state index contributed by atoms with van der Waals surface area (Å²) in [5.41, 5.74) is 0.718. The third-order valence-electron chi connectivity index (χ3n) is 6.88. The molecule has 3 aliphatic rings. The second-order valence-corrected chi connectivity index (χ2v) is 11.7. The zero-order valence-electron chi connectivity index (χ0n) is 18.0. The second-order valence-electron chi connectivity index (χ2n) is 8.72. The highest BCUT2D eigenvalue weighted by molar-refractivity contribution is 8.21. The van der Waals surface area contributed by atoms with Gasteiger partial charge in [0.15, 0.2) is 6.10 Å². The summed E-state index contributed by atoms with van der Waals surface area (Å²) in [7, 11) is 0. The normalized spacial score (nSPS) is 27.3. The number of para-hydroxylation sites is 1. The second kappa shape index (κ2) is 9.87. The lowest BCUT2D eigenvalue weighted by atomic mass is 9.67. The van der Waals surface area contributed by atoms with E-state index < -0.39 is 6.10 Å². The fraction of sp³-hybridized carbons (Fsp3) is 0.625. The third-order valence-corrected chi connectivity index (χ3v) is 10.9. The molecule has 2 aliphatic carbocycles. The van der Waals surface area contributed by atoms with Crippen molar-refractivity contribution in [3.8, 4) is 6.07 Å². The highest BCUT2D eigenvalue weighted by atomic mass is 32.2. The van der Waals surface area contributed by atoms with Crippen molar-refractivity contribution < 1.29 is 14.3 Å². The summed E-state index contributed by atoms with van der Waals surface area (Å²) in [5, 5.41) is 8.99. The number of nitrogens with zero attached hydrogens (tertiary/aromatic N) is 2. The zero-order valence-corrected chi connectivity index (χ0v) is 19.6. The van der Waals surface area contributed by atoms with Crippen molar-refractivity contribution in [2.45, 2.75) is 55.6 Å². The molecule has 1 aliphatic heterocycles. The van der Waals surface area contributed by atoms with E-state index in [2.05, 4.69) is 29.6 Å². The maximum atomic E-state index is 13.1. The average molecular weight is 459 g/mol. The van der Waals surface area contributed by atoms with Gasteiger partial charge in [0.25, 0.3) is 5.91 Å². The number of rotatable bonds is 6. The van der Waals surface area contributed by atoms with Crippen LogP contribution in [0.25, 0.3) is 0 Å². The van der Waals surface area contributed by atoms with Crippen LogP contribution in [0.3, 0.4) is 0 Å². The average Bonchev–Trinajstić information content (AvgIpc) is 3.23. The van der Waals surface area contributed by atoms with Gasteiger partial charge < -0.3 is 9.64 Å². The molecular formula is C24H30N2O3S2. The smallest absolute Gasteiger partial charge is 0.309 e. The third kappa shape index (κ3) is 4.61. The minimum atomic E-state index is -0.864. The first-order valence-electron chi connectivity index (χ1n) is 11.3. The molecule has 166 valence electrons. The molecule has 3 atom stereocenters. The lowest BCUT2D eigenvalue weighted by Crippen LogP contribution is -2.49. The molecule has 0 aromatic heterocycles. The van der Waals surface area contributed by atoms with E-state index in [-0.39, 0.29) is 30.8 Å². The number of carbonyl (C=O) groups is 2. The van der Waals surface area contributed by atoms with Crippen LogP contribution in [0.2, 0.25) is 0 Å². The number of ether oxygens (including phenoxy) is 1. The van der Waals surface area contributed by atoms with Gasteiger partial charge >= 0.3 is 5.97 Å². The van der Waals surface area contributed by atoms with Gasteiger partial charge in [-0.25, -0.2) is 0 Å². The van der Waals surface area contributed by atoms with Gasteiger partial charge in [-0.3, -0.25) is 9.59 Å². The number of thioether (sulfide) groups is 2. The van der Waals surface area contributed by atoms with Crippen LogP contribution in [0.5, 0.6) is 0 Å². The summed E-state index contributed by atoms with van der Waals surface area (Å²) < 4.78 is 6.04. The van der Waals surface area contributed by atoms with E-state index >= 15 is 0 Å². The van der Waals surface area contributed by atoms with Crippen molar-refractivity contribution in [1.29, 1.82) is 5.26 Å². The molecule has 1 aromatic carbocycles. The van der Waals surface area contributed by atoms with Crippen LogP contribution in [-0.4, -0.2) is 40.1 Å². The fourth-order valence-corrected chi connectivity index (χ4v) is 9.42. The van der Waals surface area contributed by atoms with Crippen molar-refractivity contribution >= 4 is 41.1 Å². The van der Waals surface area contributed by atoms with Gasteiger partial charge in [-0.15, -0.1) is 23.5 Å². The molecule has 1 amide bonds. The molecule has 0 radical (unpaired) electrons. The van der Waals surface area contributed by atoms with Crippen LogP contribution in [0.15, 0.2) is 30.3 Å². The Morgan fingerprint density at radius 3 is 2.45 bits per heavy atom. The lowest BCUT2D eigenvalue weighted by molar-refractivity contribution is -0.160. The molecular weight excluding hydrogens is 428 g/mol. The minimum Gasteiger partial charge on any atom is -0.452 e. The van der Waals surface area contributed by atoms with Crippen molar-refractivity contribution in [1.82, 2.24) is 0 Å². The van der Waals surface area contributed by atoms with E-state index in [1.54, 1.807) is 11.8 Å². The van der Waals surface area contributed by atoms with E-state index in [1.807, 2.05) is 30.3 Å². The summed E-state index contributed by atoms with van der Waals surface area (Å²) in [6, 6.07) is 11.4. The minimum absolute atomic E-state index is 0.109. The van der Waals surface area contributed by atoms with Gasteiger partial charge in [0.05, 0.1) is 22.5 Å². The number of hydrogen-bond acceptors (Lipinski definition) is 6. The maximum absolute atomic E-state index is 13.1. The molecule has 5 nitrogen and oxygen atoms in total. The quantitative estimate of drug-likeness (QED) is 0.567. The molecule has 0 N–H and O–H groups in total. The van der Waals surface area contributed by atoms with Crippen LogP contribution >= 0.6 is 23.5 Å². The van der Waals surface area contributed by atoms with Crippen LogP contribution in [0.1, 0.15) is 45.4 Å². The summed E-state index contributed by atoms with van der Waals surface area (Å²) in [6.07, 6.45) is 4.79. The predicted octanol–water partition coefficient (Wildman–Crippen LogP) is 4.87. The van der Waals surface area contributed by atoms with Gasteiger partial charge in [0.2, 0.25) is 0 Å². The fourth-order valence-electron chi connectivity index (χ4n) is 5.48. The topological polar surface area (TPSA) is 70.4 Å². The lowest BCUT2D eigenvalue weighted by Gasteiger charge is -2.51. The van der Waals surface area contributed by atoms with Gasteiger partial charge in [-0.1, -0.05) is 24.6 Å². The summed E-state index contributed by atoms with van der Waals surface area (Å²) in [6.45, 7) is 1.93. The Kier molecular flexibility index (Phi) is 7.18. The highest BCUT2D eigenvalue weighted by Crippen LogP contribution is 2.64. The Labute approximate surface area is 193 Å². The zero-order chi connectivity index (χ0) is 21.8.